The van der Waals surface area contributed by atoms with Gasteiger partial charge in [-0.25, -0.2) is 0 Å². The van der Waals surface area contributed by atoms with Crippen molar-refractivity contribution in [3.63, 3.8) is 0 Å². The van der Waals surface area contributed by atoms with Crippen molar-refractivity contribution in [2.75, 3.05) is 18.4 Å². The molecule has 1 aliphatic heterocycles. The van der Waals surface area contributed by atoms with E-state index in [1.807, 2.05) is 48.5 Å². The van der Waals surface area contributed by atoms with Crippen molar-refractivity contribution in [1.82, 2.24) is 15.0 Å². The maximum absolute atomic E-state index is 12.5. The van der Waals surface area contributed by atoms with Gasteiger partial charge >= 0.3 is 0 Å². The second kappa shape index (κ2) is 9.04. The summed E-state index contributed by atoms with van der Waals surface area (Å²) in [5.41, 5.74) is 3.01. The first-order valence-corrected chi connectivity index (χ1v) is 10.8. The van der Waals surface area contributed by atoms with E-state index in [9.17, 15) is 4.79 Å². The number of aromatic nitrogens is 2. The Morgan fingerprint density at radius 2 is 1.83 bits per heavy atom. The molecule has 0 aliphatic carbocycles. The molecule has 1 amide bonds. The van der Waals surface area contributed by atoms with Crippen molar-refractivity contribution in [1.29, 1.82) is 0 Å². The van der Waals surface area contributed by atoms with Crippen LogP contribution in [0.25, 0.3) is 11.4 Å². The molecule has 7 heteroatoms. The Morgan fingerprint density at radius 1 is 1.14 bits per heavy atom. The maximum Gasteiger partial charge on any atom is 0.241 e. The lowest BCUT2D eigenvalue weighted by atomic mass is 9.96. The number of carbonyl (C=O) groups is 1. The molecule has 150 valence electrons. The lowest BCUT2D eigenvalue weighted by Gasteiger charge is -2.30. The summed E-state index contributed by atoms with van der Waals surface area (Å²) in [5, 5.41) is 7.13. The average Bonchev–Trinajstić information content (AvgIpc) is 3.19. The van der Waals surface area contributed by atoms with E-state index in [-0.39, 0.29) is 11.8 Å². The summed E-state index contributed by atoms with van der Waals surface area (Å²) in [7, 11) is 0. The number of likely N-dealkylation sites (tertiary alicyclic amines) is 1. The highest BCUT2D eigenvalue weighted by molar-refractivity contribution is 14.1. The second-order valence-corrected chi connectivity index (χ2v) is 8.67. The topological polar surface area (TPSA) is 71.3 Å². The molecular formula is C22H23IN4O2. The van der Waals surface area contributed by atoms with Gasteiger partial charge in [0.1, 0.15) is 0 Å². The Labute approximate surface area is 183 Å². The molecule has 3 aromatic rings. The SMILES string of the molecule is Cc1ccc(-c2noc(CN3CCC(C(=O)Nc4ccc(I)cc4)CC3)n2)cc1. The molecule has 2 heterocycles. The normalized spacial score (nSPS) is 15.4. The van der Waals surface area contributed by atoms with Gasteiger partial charge in [-0.15, -0.1) is 0 Å². The molecule has 0 spiro atoms. The third-order valence-corrected chi connectivity index (χ3v) is 5.93. The minimum Gasteiger partial charge on any atom is -0.338 e. The standard InChI is InChI=1S/C22H23IN4O2/c1-15-2-4-16(5-3-15)21-25-20(29-26-21)14-27-12-10-17(11-13-27)22(28)24-19-8-6-18(23)7-9-19/h2-9,17H,10-14H2,1H3,(H,24,28). The van der Waals surface area contributed by atoms with E-state index < -0.39 is 0 Å². The van der Waals surface area contributed by atoms with Gasteiger partial charge in [-0.05, 0) is 79.7 Å². The smallest absolute Gasteiger partial charge is 0.241 e. The van der Waals surface area contributed by atoms with E-state index >= 15 is 0 Å². The molecule has 0 radical (unpaired) electrons. The average molecular weight is 502 g/mol. The quantitative estimate of drug-likeness (QED) is 0.521. The summed E-state index contributed by atoms with van der Waals surface area (Å²) in [4.78, 5) is 19.3. The van der Waals surface area contributed by atoms with Gasteiger partial charge in [0.2, 0.25) is 17.6 Å². The fourth-order valence-electron chi connectivity index (χ4n) is 3.46. The van der Waals surface area contributed by atoms with E-state index in [4.69, 9.17) is 4.52 Å². The van der Waals surface area contributed by atoms with Crippen LogP contribution in [0.3, 0.4) is 0 Å². The van der Waals surface area contributed by atoms with Crippen molar-refractivity contribution in [2.24, 2.45) is 5.92 Å². The van der Waals surface area contributed by atoms with Gasteiger partial charge in [0.15, 0.2) is 0 Å². The van der Waals surface area contributed by atoms with Crippen LogP contribution in [-0.4, -0.2) is 34.0 Å². The number of carbonyl (C=O) groups excluding carboxylic acids is 1. The minimum atomic E-state index is 0.0383. The van der Waals surface area contributed by atoms with Gasteiger partial charge in [-0.2, -0.15) is 4.98 Å². The Bertz CT molecular complexity index is 961. The van der Waals surface area contributed by atoms with Gasteiger partial charge in [0, 0.05) is 20.7 Å². The van der Waals surface area contributed by atoms with Crippen molar-refractivity contribution in [3.05, 3.63) is 63.6 Å². The zero-order chi connectivity index (χ0) is 20.2. The third-order valence-electron chi connectivity index (χ3n) is 5.21. The van der Waals surface area contributed by atoms with Crippen LogP contribution < -0.4 is 5.32 Å². The van der Waals surface area contributed by atoms with Crippen LogP contribution in [0.5, 0.6) is 0 Å². The summed E-state index contributed by atoms with van der Waals surface area (Å²) in [5.74, 6) is 1.37. The van der Waals surface area contributed by atoms with Gasteiger partial charge < -0.3 is 9.84 Å². The van der Waals surface area contributed by atoms with Crippen LogP contribution in [-0.2, 0) is 11.3 Å². The van der Waals surface area contributed by atoms with Crippen LogP contribution in [0.4, 0.5) is 5.69 Å². The summed E-state index contributed by atoms with van der Waals surface area (Å²) >= 11 is 2.26. The molecule has 6 nitrogen and oxygen atoms in total. The first kappa shape index (κ1) is 20.0. The number of nitrogens with one attached hydrogen (secondary N) is 1. The van der Waals surface area contributed by atoms with E-state index in [1.165, 1.54) is 5.56 Å². The molecule has 1 N–H and O–H groups in total. The molecule has 2 aromatic carbocycles. The van der Waals surface area contributed by atoms with Crippen LogP contribution in [0.2, 0.25) is 0 Å². The van der Waals surface area contributed by atoms with Gasteiger partial charge in [-0.3, -0.25) is 9.69 Å². The number of nitrogens with zero attached hydrogens (tertiary/aromatic N) is 3. The zero-order valence-electron chi connectivity index (χ0n) is 16.3. The molecule has 1 aromatic heterocycles. The fourth-order valence-corrected chi connectivity index (χ4v) is 3.82. The van der Waals surface area contributed by atoms with Crippen LogP contribution in [0.1, 0.15) is 24.3 Å². The van der Waals surface area contributed by atoms with E-state index in [0.29, 0.717) is 18.3 Å². The van der Waals surface area contributed by atoms with Gasteiger partial charge in [0.25, 0.3) is 0 Å². The number of piperidine rings is 1. The first-order chi connectivity index (χ1) is 14.1. The predicted octanol–water partition coefficient (Wildman–Crippen LogP) is 4.50. The Morgan fingerprint density at radius 3 is 2.52 bits per heavy atom. The molecule has 0 saturated carbocycles. The number of halogens is 1. The number of hydrogen-bond acceptors (Lipinski definition) is 5. The van der Waals surface area contributed by atoms with Crippen molar-refractivity contribution < 1.29 is 9.32 Å². The summed E-state index contributed by atoms with van der Waals surface area (Å²) in [6, 6.07) is 16.0. The van der Waals surface area contributed by atoms with Crippen molar-refractivity contribution >= 4 is 34.2 Å². The Kier molecular flexibility index (Phi) is 6.25. The second-order valence-electron chi connectivity index (χ2n) is 7.42. The zero-order valence-corrected chi connectivity index (χ0v) is 18.4. The van der Waals surface area contributed by atoms with E-state index in [0.717, 1.165) is 40.8 Å². The van der Waals surface area contributed by atoms with Crippen LogP contribution >= 0.6 is 22.6 Å². The number of hydrogen-bond donors (Lipinski definition) is 1. The molecule has 0 bridgehead atoms. The molecule has 0 unspecified atom stereocenters. The number of benzene rings is 2. The number of amides is 1. The highest BCUT2D eigenvalue weighted by Gasteiger charge is 2.26. The largest absolute Gasteiger partial charge is 0.338 e. The van der Waals surface area contributed by atoms with E-state index in [2.05, 4.69) is 49.9 Å². The van der Waals surface area contributed by atoms with E-state index in [1.54, 1.807) is 0 Å². The lowest BCUT2D eigenvalue weighted by Crippen LogP contribution is -2.37. The fraction of sp³-hybridized carbons (Fsp3) is 0.318. The lowest BCUT2D eigenvalue weighted by molar-refractivity contribution is -0.121. The van der Waals surface area contributed by atoms with Gasteiger partial charge in [0.05, 0.1) is 6.54 Å². The van der Waals surface area contributed by atoms with Gasteiger partial charge in [-0.1, -0.05) is 35.0 Å². The molecule has 0 atom stereocenters. The Hall–Kier alpha value is -2.26. The number of rotatable bonds is 5. The predicted molar refractivity (Wildman–Crippen MR) is 120 cm³/mol. The highest BCUT2D eigenvalue weighted by atomic mass is 127. The summed E-state index contributed by atoms with van der Waals surface area (Å²) < 4.78 is 6.59. The molecule has 4 rings (SSSR count). The highest BCUT2D eigenvalue weighted by Crippen LogP contribution is 2.22. The van der Waals surface area contributed by atoms with Crippen molar-refractivity contribution in [3.8, 4) is 11.4 Å². The molecule has 29 heavy (non-hydrogen) atoms. The van der Waals surface area contributed by atoms with Crippen molar-refractivity contribution in [2.45, 2.75) is 26.3 Å². The summed E-state index contributed by atoms with van der Waals surface area (Å²) in [6.07, 6.45) is 1.66. The Balaban J connectivity index is 1.28. The number of aryl methyl sites for hydroxylation is 1. The molecular weight excluding hydrogens is 479 g/mol. The monoisotopic (exact) mass is 502 g/mol. The molecule has 1 aliphatic rings. The third kappa shape index (κ3) is 5.22. The molecule has 1 saturated heterocycles. The summed E-state index contributed by atoms with van der Waals surface area (Å²) in [6.45, 7) is 4.35. The number of anilines is 1. The minimum absolute atomic E-state index is 0.0383. The van der Waals surface area contributed by atoms with Crippen LogP contribution in [0.15, 0.2) is 53.1 Å². The van der Waals surface area contributed by atoms with Crippen LogP contribution in [0, 0.1) is 16.4 Å². The first-order valence-electron chi connectivity index (χ1n) is 9.75. The molecule has 1 fully saturated rings. The maximum atomic E-state index is 12.5.